The molecule has 0 saturated heterocycles. The number of phenols is 4. The summed E-state index contributed by atoms with van der Waals surface area (Å²) in [4.78, 5) is 12.4. The van der Waals surface area contributed by atoms with Gasteiger partial charge in [-0.05, 0) is 24.1 Å². The molecule has 2 aromatic carbocycles. The molecule has 1 aliphatic heterocycles. The summed E-state index contributed by atoms with van der Waals surface area (Å²) in [6.45, 7) is 1.76. The molecular formula is C17H16O6. The van der Waals surface area contributed by atoms with Crippen molar-refractivity contribution in [1.29, 1.82) is 0 Å². The third-order valence-corrected chi connectivity index (χ3v) is 3.99. The van der Waals surface area contributed by atoms with Gasteiger partial charge in [0.2, 0.25) is 0 Å². The largest absolute Gasteiger partial charge is 0.507 e. The minimum absolute atomic E-state index is 0.0152. The Morgan fingerprint density at radius 1 is 1.09 bits per heavy atom. The number of ketones is 1. The molecule has 0 spiro atoms. The predicted molar refractivity (Wildman–Crippen MR) is 81.2 cm³/mol. The third-order valence-electron chi connectivity index (χ3n) is 3.99. The van der Waals surface area contributed by atoms with Crippen LogP contribution in [0, 0.1) is 0 Å². The van der Waals surface area contributed by atoms with E-state index in [1.165, 1.54) is 24.3 Å². The Balaban J connectivity index is 2.04. The van der Waals surface area contributed by atoms with E-state index in [0.29, 0.717) is 17.5 Å². The van der Waals surface area contributed by atoms with Gasteiger partial charge in [-0.3, -0.25) is 4.79 Å². The quantitative estimate of drug-likeness (QED) is 0.635. The molecule has 0 unspecified atom stereocenters. The number of hydrogen-bond acceptors (Lipinski definition) is 6. The van der Waals surface area contributed by atoms with Crippen molar-refractivity contribution in [3.8, 4) is 28.7 Å². The van der Waals surface area contributed by atoms with E-state index < -0.39 is 6.10 Å². The first-order valence-corrected chi connectivity index (χ1v) is 7.21. The highest BCUT2D eigenvalue weighted by atomic mass is 16.5. The van der Waals surface area contributed by atoms with E-state index in [2.05, 4.69) is 0 Å². The van der Waals surface area contributed by atoms with Crippen molar-refractivity contribution in [2.45, 2.75) is 25.9 Å². The average Bonchev–Trinajstić information content (AvgIpc) is 2.49. The smallest absolute Gasteiger partial charge is 0.174 e. The Morgan fingerprint density at radius 2 is 1.83 bits per heavy atom. The number of rotatable bonds is 2. The molecule has 0 amide bonds. The van der Waals surface area contributed by atoms with Crippen molar-refractivity contribution in [3.63, 3.8) is 0 Å². The molecule has 0 bridgehead atoms. The number of phenolic OH excluding ortho intramolecular Hbond substituents is 4. The van der Waals surface area contributed by atoms with Crippen LogP contribution in [0.25, 0.3) is 0 Å². The fourth-order valence-electron chi connectivity index (χ4n) is 2.78. The third kappa shape index (κ3) is 2.42. The Bertz CT molecular complexity index is 796. The zero-order chi connectivity index (χ0) is 16.7. The fraction of sp³-hybridized carbons (Fsp3) is 0.235. The van der Waals surface area contributed by atoms with Gasteiger partial charge < -0.3 is 25.2 Å². The zero-order valence-electron chi connectivity index (χ0n) is 12.4. The van der Waals surface area contributed by atoms with Crippen molar-refractivity contribution in [1.82, 2.24) is 0 Å². The zero-order valence-corrected chi connectivity index (χ0v) is 12.4. The number of fused-ring (bicyclic) bond motifs is 1. The highest BCUT2D eigenvalue weighted by molar-refractivity contribution is 6.03. The lowest BCUT2D eigenvalue weighted by atomic mass is 9.93. The number of carbonyl (C=O) groups excluding carboxylic acids is 1. The summed E-state index contributed by atoms with van der Waals surface area (Å²) in [5.41, 5.74) is 0.887. The first-order valence-electron chi connectivity index (χ1n) is 7.21. The molecule has 0 aromatic heterocycles. The van der Waals surface area contributed by atoms with Crippen LogP contribution < -0.4 is 4.74 Å². The van der Waals surface area contributed by atoms with Gasteiger partial charge in [0.15, 0.2) is 17.3 Å². The lowest BCUT2D eigenvalue weighted by Crippen LogP contribution is -2.20. The highest BCUT2D eigenvalue weighted by Gasteiger charge is 2.32. The standard InChI is InChI=1S/C17H16O6/c1-2-9-11(19)6-15-16(17(9)22)13(21)7-14(23-15)8-3-4-10(18)12(20)5-8/h3-6,14,18-20,22H,2,7H2,1H3/t14-/m0/s1. The van der Waals surface area contributed by atoms with Crippen LogP contribution in [-0.4, -0.2) is 26.2 Å². The summed E-state index contributed by atoms with van der Waals surface area (Å²) in [5, 5.41) is 39.1. The van der Waals surface area contributed by atoms with Crippen LogP contribution in [0.15, 0.2) is 24.3 Å². The van der Waals surface area contributed by atoms with Crippen LogP contribution in [0.5, 0.6) is 28.7 Å². The Kier molecular flexibility index (Phi) is 3.52. The molecule has 0 aliphatic carbocycles. The van der Waals surface area contributed by atoms with Gasteiger partial charge in [0, 0.05) is 11.6 Å². The van der Waals surface area contributed by atoms with Crippen LogP contribution in [-0.2, 0) is 6.42 Å². The molecule has 0 fully saturated rings. The number of hydrogen-bond donors (Lipinski definition) is 4. The van der Waals surface area contributed by atoms with Gasteiger partial charge in [0.25, 0.3) is 0 Å². The molecule has 1 atom stereocenters. The van der Waals surface area contributed by atoms with Gasteiger partial charge in [0.05, 0.1) is 6.42 Å². The molecule has 23 heavy (non-hydrogen) atoms. The summed E-state index contributed by atoms with van der Waals surface area (Å²) in [6.07, 6.45) is -0.306. The van der Waals surface area contributed by atoms with Crippen LogP contribution >= 0.6 is 0 Å². The van der Waals surface area contributed by atoms with E-state index in [-0.39, 0.29) is 46.5 Å². The van der Waals surface area contributed by atoms with Crippen LogP contribution in [0.2, 0.25) is 0 Å². The maximum absolute atomic E-state index is 12.4. The SMILES string of the molecule is CCc1c(O)cc2c(c1O)C(=O)C[C@@H](c1ccc(O)c(O)c1)O2. The molecule has 4 N–H and O–H groups in total. The minimum atomic E-state index is -0.673. The van der Waals surface area contributed by atoms with E-state index in [0.717, 1.165) is 0 Å². The predicted octanol–water partition coefficient (Wildman–Crippen LogP) is 2.78. The summed E-state index contributed by atoms with van der Waals surface area (Å²) >= 11 is 0. The van der Waals surface area contributed by atoms with Crippen molar-refractivity contribution in [3.05, 3.63) is 41.0 Å². The van der Waals surface area contributed by atoms with E-state index in [1.807, 2.05) is 0 Å². The number of aromatic hydroxyl groups is 4. The maximum Gasteiger partial charge on any atom is 0.174 e. The minimum Gasteiger partial charge on any atom is -0.507 e. The molecule has 1 heterocycles. The Hall–Kier alpha value is -2.89. The van der Waals surface area contributed by atoms with Crippen molar-refractivity contribution in [2.24, 2.45) is 0 Å². The van der Waals surface area contributed by atoms with Gasteiger partial charge in [-0.1, -0.05) is 13.0 Å². The fourth-order valence-corrected chi connectivity index (χ4v) is 2.78. The molecule has 6 nitrogen and oxygen atoms in total. The average molecular weight is 316 g/mol. The summed E-state index contributed by atoms with van der Waals surface area (Å²) < 4.78 is 5.71. The lowest BCUT2D eigenvalue weighted by molar-refractivity contribution is 0.0844. The molecule has 3 rings (SSSR count). The maximum atomic E-state index is 12.4. The first kappa shape index (κ1) is 15.0. The van der Waals surface area contributed by atoms with E-state index in [4.69, 9.17) is 4.74 Å². The van der Waals surface area contributed by atoms with E-state index in [9.17, 15) is 25.2 Å². The monoisotopic (exact) mass is 316 g/mol. The van der Waals surface area contributed by atoms with Crippen LogP contribution in [0.4, 0.5) is 0 Å². The summed E-state index contributed by atoms with van der Waals surface area (Å²) in [6, 6.07) is 5.48. The molecule has 0 radical (unpaired) electrons. The molecule has 120 valence electrons. The summed E-state index contributed by atoms with van der Waals surface area (Å²) in [5.74, 6) is -1.16. The van der Waals surface area contributed by atoms with Gasteiger partial charge in [-0.15, -0.1) is 0 Å². The number of Topliss-reactive ketones (excluding diaryl/α,β-unsaturated/α-hetero) is 1. The van der Waals surface area contributed by atoms with Crippen molar-refractivity contribution >= 4 is 5.78 Å². The topological polar surface area (TPSA) is 107 Å². The van der Waals surface area contributed by atoms with Gasteiger partial charge >= 0.3 is 0 Å². The molecule has 0 saturated carbocycles. The number of ether oxygens (including phenoxy) is 1. The second-order valence-corrected chi connectivity index (χ2v) is 5.43. The van der Waals surface area contributed by atoms with Gasteiger partial charge in [-0.25, -0.2) is 0 Å². The molecule has 1 aliphatic rings. The molecule has 6 heteroatoms. The Labute approximate surface area is 132 Å². The number of carbonyl (C=O) groups is 1. The van der Waals surface area contributed by atoms with Crippen molar-refractivity contribution in [2.75, 3.05) is 0 Å². The Morgan fingerprint density at radius 3 is 2.48 bits per heavy atom. The normalized spacial score (nSPS) is 16.7. The van der Waals surface area contributed by atoms with Crippen molar-refractivity contribution < 1.29 is 30.0 Å². The van der Waals surface area contributed by atoms with Crippen LogP contribution in [0.3, 0.4) is 0 Å². The molecular weight excluding hydrogens is 300 g/mol. The van der Waals surface area contributed by atoms with E-state index >= 15 is 0 Å². The lowest BCUT2D eigenvalue weighted by Gasteiger charge is -2.27. The highest BCUT2D eigenvalue weighted by Crippen LogP contribution is 2.45. The second-order valence-electron chi connectivity index (χ2n) is 5.43. The van der Waals surface area contributed by atoms with E-state index in [1.54, 1.807) is 6.92 Å². The first-order chi connectivity index (χ1) is 10.9. The summed E-state index contributed by atoms with van der Waals surface area (Å²) in [7, 11) is 0. The second kappa shape index (κ2) is 5.39. The molecule has 2 aromatic rings. The number of benzene rings is 2. The van der Waals surface area contributed by atoms with Crippen LogP contribution in [0.1, 0.15) is 40.9 Å². The van der Waals surface area contributed by atoms with Gasteiger partial charge in [-0.2, -0.15) is 0 Å². The van der Waals surface area contributed by atoms with Gasteiger partial charge in [0.1, 0.15) is 28.9 Å².